The molecule has 2 amide bonds. The molecule has 2 aliphatic heterocycles. The Balaban J connectivity index is 1.30. The number of thioether (sulfide) groups is 1. The number of fused-ring (bicyclic) bond motifs is 1. The van der Waals surface area contributed by atoms with Gasteiger partial charge >= 0.3 is 0 Å². The van der Waals surface area contributed by atoms with Gasteiger partial charge in [-0.2, -0.15) is 0 Å². The van der Waals surface area contributed by atoms with Gasteiger partial charge < -0.3 is 14.8 Å². The maximum Gasteiger partial charge on any atom is 0.256 e. The highest BCUT2D eigenvalue weighted by Gasteiger charge is 2.20. The maximum absolute atomic E-state index is 13.2. The van der Waals surface area contributed by atoms with Gasteiger partial charge in [0, 0.05) is 42.2 Å². The van der Waals surface area contributed by atoms with Crippen molar-refractivity contribution in [3.63, 3.8) is 0 Å². The molecule has 1 fully saturated rings. The molecule has 0 spiro atoms. The van der Waals surface area contributed by atoms with Crippen molar-refractivity contribution in [3.8, 4) is 11.4 Å². The zero-order chi connectivity index (χ0) is 23.3. The number of hydrogen-bond acceptors (Lipinski definition) is 5. The van der Waals surface area contributed by atoms with Crippen molar-refractivity contribution in [1.29, 1.82) is 0 Å². The third-order valence-corrected chi connectivity index (χ3v) is 7.49. The van der Waals surface area contributed by atoms with Crippen LogP contribution in [-0.2, 0) is 17.8 Å². The molecule has 7 nitrogen and oxygen atoms in total. The molecule has 176 valence electrons. The molecule has 34 heavy (non-hydrogen) atoms. The maximum atomic E-state index is 13.2. The third kappa shape index (κ3) is 5.01. The van der Waals surface area contributed by atoms with Crippen LogP contribution in [-0.4, -0.2) is 50.3 Å². The van der Waals surface area contributed by atoms with Crippen LogP contribution in [0.1, 0.15) is 48.3 Å². The van der Waals surface area contributed by atoms with E-state index in [9.17, 15) is 9.59 Å². The molecule has 0 bridgehead atoms. The first-order chi connectivity index (χ1) is 16.7. The first kappa shape index (κ1) is 22.7. The van der Waals surface area contributed by atoms with Crippen LogP contribution < -0.4 is 5.32 Å². The van der Waals surface area contributed by atoms with Gasteiger partial charge in [-0.05, 0) is 49.9 Å². The van der Waals surface area contributed by atoms with E-state index < -0.39 is 0 Å². The quantitative estimate of drug-likeness (QED) is 0.526. The number of likely N-dealkylation sites (tertiary alicyclic amines) is 1. The number of carbonyl (C=O) groups is 2. The van der Waals surface area contributed by atoms with Gasteiger partial charge in [-0.25, -0.2) is 0 Å². The van der Waals surface area contributed by atoms with Gasteiger partial charge in [0.15, 0.2) is 5.82 Å². The highest BCUT2D eigenvalue weighted by molar-refractivity contribution is 8.00. The number of hydrogen-bond donors (Lipinski definition) is 1. The van der Waals surface area contributed by atoms with Gasteiger partial charge in [0.05, 0.1) is 11.3 Å². The van der Waals surface area contributed by atoms with Crippen LogP contribution in [0, 0.1) is 0 Å². The first-order valence-corrected chi connectivity index (χ1v) is 13.0. The average Bonchev–Trinajstić information content (AvgIpc) is 3.48. The first-order valence-electron chi connectivity index (χ1n) is 12.0. The van der Waals surface area contributed by atoms with E-state index in [0.717, 1.165) is 73.8 Å². The topological polar surface area (TPSA) is 80.1 Å². The van der Waals surface area contributed by atoms with E-state index in [4.69, 9.17) is 0 Å². The number of nitrogens with zero attached hydrogens (tertiary/aromatic N) is 4. The van der Waals surface area contributed by atoms with Crippen molar-refractivity contribution in [2.45, 2.75) is 50.0 Å². The number of aromatic nitrogens is 3. The molecule has 2 aromatic carbocycles. The number of rotatable bonds is 6. The fourth-order valence-electron chi connectivity index (χ4n) is 4.61. The number of benzene rings is 2. The number of nitrogens with one attached hydrogen (secondary N) is 1. The van der Waals surface area contributed by atoms with E-state index in [1.54, 1.807) is 6.07 Å². The Morgan fingerprint density at radius 2 is 1.74 bits per heavy atom. The second-order valence-electron chi connectivity index (χ2n) is 8.81. The summed E-state index contributed by atoms with van der Waals surface area (Å²) in [6.07, 6.45) is 6.59. The van der Waals surface area contributed by atoms with Gasteiger partial charge in [0.1, 0.15) is 5.82 Å². The fraction of sp³-hybridized carbons (Fsp3) is 0.385. The highest BCUT2D eigenvalue weighted by Crippen LogP contribution is 2.27. The number of carbonyl (C=O) groups excluding carboxylic acids is 2. The summed E-state index contributed by atoms with van der Waals surface area (Å²) in [5.41, 5.74) is 2.22. The molecule has 0 unspecified atom stereocenters. The van der Waals surface area contributed by atoms with Crippen LogP contribution in [0.2, 0.25) is 0 Å². The minimum atomic E-state index is -0.186. The van der Waals surface area contributed by atoms with E-state index >= 15 is 0 Å². The van der Waals surface area contributed by atoms with Crippen molar-refractivity contribution in [1.82, 2.24) is 19.7 Å². The van der Waals surface area contributed by atoms with Crippen LogP contribution in [0.25, 0.3) is 11.4 Å². The van der Waals surface area contributed by atoms with Gasteiger partial charge in [-0.1, -0.05) is 30.7 Å². The van der Waals surface area contributed by atoms with Crippen molar-refractivity contribution < 1.29 is 9.59 Å². The Hall–Kier alpha value is -3.13. The molecule has 1 aromatic heterocycles. The summed E-state index contributed by atoms with van der Waals surface area (Å²) in [5.74, 6) is 2.19. The molecule has 0 aliphatic carbocycles. The molecule has 3 aromatic rings. The molecular weight excluding hydrogens is 446 g/mol. The van der Waals surface area contributed by atoms with Crippen LogP contribution in [0.15, 0.2) is 53.4 Å². The Morgan fingerprint density at radius 3 is 2.62 bits per heavy atom. The number of amides is 2. The largest absolute Gasteiger partial charge is 0.342 e. The Kier molecular flexibility index (Phi) is 6.94. The van der Waals surface area contributed by atoms with Crippen molar-refractivity contribution >= 4 is 29.3 Å². The lowest BCUT2D eigenvalue weighted by molar-refractivity contribution is -0.127. The second kappa shape index (κ2) is 10.4. The summed E-state index contributed by atoms with van der Waals surface area (Å²) >= 11 is 1.43. The predicted molar refractivity (Wildman–Crippen MR) is 134 cm³/mol. The van der Waals surface area contributed by atoms with E-state index in [1.165, 1.54) is 18.2 Å². The van der Waals surface area contributed by atoms with Crippen LogP contribution in [0.4, 0.5) is 5.69 Å². The van der Waals surface area contributed by atoms with Gasteiger partial charge in [0.25, 0.3) is 5.91 Å². The van der Waals surface area contributed by atoms with Crippen molar-refractivity contribution in [3.05, 3.63) is 59.9 Å². The Bertz CT molecular complexity index is 1190. The van der Waals surface area contributed by atoms with Gasteiger partial charge in [0.2, 0.25) is 5.91 Å². The molecule has 0 radical (unpaired) electrons. The highest BCUT2D eigenvalue weighted by atomic mass is 32.2. The standard InChI is InChI=1S/C26H29N5O2S/c32-24(30-14-6-7-15-30)18-34-22-12-4-3-11-21(22)26(33)27-20-10-8-9-19(17-20)25-29-28-23-13-2-1-5-16-31(23)25/h3-4,8-12,17H,1-2,5-7,13-16,18H2,(H,27,33). The van der Waals surface area contributed by atoms with Crippen molar-refractivity contribution in [2.24, 2.45) is 0 Å². The predicted octanol–water partition coefficient (Wildman–Crippen LogP) is 4.64. The minimum Gasteiger partial charge on any atom is -0.342 e. The van der Waals surface area contributed by atoms with E-state index in [2.05, 4.69) is 20.1 Å². The lowest BCUT2D eigenvalue weighted by Crippen LogP contribution is -2.29. The molecule has 1 saturated heterocycles. The third-order valence-electron chi connectivity index (χ3n) is 6.43. The normalized spacial score (nSPS) is 15.6. The molecule has 0 saturated carbocycles. The zero-order valence-electron chi connectivity index (χ0n) is 19.2. The lowest BCUT2D eigenvalue weighted by atomic mass is 10.1. The summed E-state index contributed by atoms with van der Waals surface area (Å²) in [6.45, 7) is 2.61. The van der Waals surface area contributed by atoms with E-state index in [-0.39, 0.29) is 11.8 Å². The second-order valence-corrected chi connectivity index (χ2v) is 9.83. The van der Waals surface area contributed by atoms with Gasteiger partial charge in [-0.3, -0.25) is 9.59 Å². The number of aryl methyl sites for hydroxylation is 1. The zero-order valence-corrected chi connectivity index (χ0v) is 20.0. The van der Waals surface area contributed by atoms with Crippen LogP contribution in [0.3, 0.4) is 0 Å². The molecule has 1 N–H and O–H groups in total. The number of anilines is 1. The fourth-order valence-corrected chi connectivity index (χ4v) is 5.56. The Morgan fingerprint density at radius 1 is 0.912 bits per heavy atom. The van der Waals surface area contributed by atoms with E-state index in [0.29, 0.717) is 17.0 Å². The smallest absolute Gasteiger partial charge is 0.256 e. The molecule has 3 heterocycles. The average molecular weight is 476 g/mol. The molecule has 0 atom stereocenters. The monoisotopic (exact) mass is 475 g/mol. The van der Waals surface area contributed by atoms with Crippen molar-refractivity contribution in [2.75, 3.05) is 24.2 Å². The molecule has 2 aliphatic rings. The van der Waals surface area contributed by atoms with Crippen LogP contribution >= 0.6 is 11.8 Å². The van der Waals surface area contributed by atoms with E-state index in [1.807, 2.05) is 47.4 Å². The lowest BCUT2D eigenvalue weighted by Gasteiger charge is -2.15. The summed E-state index contributed by atoms with van der Waals surface area (Å²) in [6, 6.07) is 15.2. The summed E-state index contributed by atoms with van der Waals surface area (Å²) in [5, 5.41) is 11.9. The van der Waals surface area contributed by atoms with Gasteiger partial charge in [-0.15, -0.1) is 22.0 Å². The minimum absolute atomic E-state index is 0.137. The molecule has 5 rings (SSSR count). The molecule has 8 heteroatoms. The van der Waals surface area contributed by atoms with Crippen LogP contribution in [0.5, 0.6) is 0 Å². The summed E-state index contributed by atoms with van der Waals surface area (Å²) in [4.78, 5) is 28.3. The SMILES string of the molecule is O=C(Nc1cccc(-c2nnc3n2CCCCC3)c1)c1ccccc1SCC(=O)N1CCCC1. The summed E-state index contributed by atoms with van der Waals surface area (Å²) < 4.78 is 2.21. The Labute approximate surface area is 203 Å². The summed E-state index contributed by atoms with van der Waals surface area (Å²) in [7, 11) is 0. The molecular formula is C26H29N5O2S.